The predicted molar refractivity (Wildman–Crippen MR) is 50.3 cm³/mol. The summed E-state index contributed by atoms with van der Waals surface area (Å²) < 4.78 is 12.8. The molecule has 78 valence electrons. The smallest absolute Gasteiger partial charge is 0.315 e. The minimum Gasteiger partial charge on any atom is -0.461 e. The van der Waals surface area contributed by atoms with Gasteiger partial charge in [0.05, 0.1) is 12.6 Å². The number of hydrogen-bond donors (Lipinski definition) is 0. The van der Waals surface area contributed by atoms with Gasteiger partial charge in [0, 0.05) is 0 Å². The summed E-state index contributed by atoms with van der Waals surface area (Å²) in [7, 11) is 0. The Kier molecular flexibility index (Phi) is 2.41. The first kappa shape index (κ1) is 9.45. The summed E-state index contributed by atoms with van der Waals surface area (Å²) in [4.78, 5) is 4.14. The zero-order valence-corrected chi connectivity index (χ0v) is 8.73. The van der Waals surface area contributed by atoms with E-state index in [9.17, 15) is 0 Å². The van der Waals surface area contributed by atoms with E-state index in [2.05, 4.69) is 10.1 Å². The molecule has 0 N–H and O–H groups in total. The quantitative estimate of drug-likeness (QED) is 0.702. The van der Waals surface area contributed by atoms with Crippen molar-refractivity contribution in [3.05, 3.63) is 5.82 Å². The summed E-state index contributed by atoms with van der Waals surface area (Å²) in [6.07, 6.45) is 0.304. The Bertz CT molecular complexity index is 322. The molecule has 5 heteroatoms. The van der Waals surface area contributed by atoms with Crippen LogP contribution < -0.4 is 4.74 Å². The van der Waals surface area contributed by atoms with Crippen LogP contribution in [0.15, 0.2) is 0 Å². The second-order valence-corrected chi connectivity index (χ2v) is 3.74. The van der Waals surface area contributed by atoms with E-state index in [4.69, 9.17) is 9.47 Å². The van der Waals surface area contributed by atoms with E-state index in [0.29, 0.717) is 12.6 Å². The summed E-state index contributed by atoms with van der Waals surface area (Å²) >= 11 is 0. The third-order valence-electron chi connectivity index (χ3n) is 1.98. The van der Waals surface area contributed by atoms with Crippen molar-refractivity contribution >= 4 is 0 Å². The Hall–Kier alpha value is -1.10. The van der Waals surface area contributed by atoms with Gasteiger partial charge < -0.3 is 9.47 Å². The monoisotopic (exact) mass is 197 g/mol. The molecular weight excluding hydrogens is 182 g/mol. The van der Waals surface area contributed by atoms with E-state index >= 15 is 0 Å². The van der Waals surface area contributed by atoms with Crippen molar-refractivity contribution in [1.82, 2.24) is 14.8 Å². The van der Waals surface area contributed by atoms with Crippen LogP contribution in [0.25, 0.3) is 0 Å². The average molecular weight is 197 g/mol. The zero-order chi connectivity index (χ0) is 10.1. The summed E-state index contributed by atoms with van der Waals surface area (Å²) in [6, 6.07) is 0.603. The summed E-state index contributed by atoms with van der Waals surface area (Å²) in [6.45, 7) is 7.18. The van der Waals surface area contributed by atoms with Gasteiger partial charge in [-0.25, -0.2) is 4.68 Å². The van der Waals surface area contributed by atoms with Gasteiger partial charge in [-0.2, -0.15) is 10.1 Å². The number of ether oxygens (including phenoxy) is 2. The van der Waals surface area contributed by atoms with Crippen LogP contribution in [0.5, 0.6) is 6.01 Å². The molecule has 1 atom stereocenters. The van der Waals surface area contributed by atoms with Gasteiger partial charge in [-0.1, -0.05) is 0 Å². The van der Waals surface area contributed by atoms with Gasteiger partial charge in [0.25, 0.3) is 0 Å². The Balaban J connectivity index is 2.05. The Morgan fingerprint density at radius 3 is 3.07 bits per heavy atom. The molecule has 0 saturated heterocycles. The molecule has 0 aromatic carbocycles. The summed E-state index contributed by atoms with van der Waals surface area (Å²) in [5.74, 6) is 0.741. The number of nitrogens with zero attached hydrogens (tertiary/aromatic N) is 3. The van der Waals surface area contributed by atoms with Crippen LogP contribution in [0.2, 0.25) is 0 Å². The second kappa shape index (κ2) is 3.57. The molecule has 0 fully saturated rings. The summed E-state index contributed by atoms with van der Waals surface area (Å²) in [5.41, 5.74) is 0. The fourth-order valence-corrected chi connectivity index (χ4v) is 1.54. The number of aryl methyl sites for hydroxylation is 1. The van der Waals surface area contributed by atoms with Gasteiger partial charge in [-0.05, 0) is 20.8 Å². The lowest BCUT2D eigenvalue weighted by Gasteiger charge is -2.24. The lowest BCUT2D eigenvalue weighted by atomic mass is 10.3. The van der Waals surface area contributed by atoms with E-state index in [1.807, 2.05) is 20.8 Å². The van der Waals surface area contributed by atoms with Gasteiger partial charge in [-0.3, -0.25) is 0 Å². The molecule has 5 nitrogen and oxygen atoms in total. The minimum atomic E-state index is 0.0867. The molecule has 0 aliphatic carbocycles. The number of rotatable bonds is 2. The highest BCUT2D eigenvalue weighted by atomic mass is 16.6. The largest absolute Gasteiger partial charge is 0.461 e. The molecule has 2 rings (SSSR count). The fraction of sp³-hybridized carbons (Fsp3) is 0.778. The maximum absolute atomic E-state index is 5.64. The third kappa shape index (κ3) is 1.87. The molecule has 1 aliphatic heterocycles. The van der Waals surface area contributed by atoms with Crippen molar-refractivity contribution in [2.24, 2.45) is 0 Å². The molecule has 1 unspecified atom stereocenters. The molecule has 0 spiro atoms. The van der Waals surface area contributed by atoms with E-state index in [1.165, 1.54) is 0 Å². The van der Waals surface area contributed by atoms with Crippen molar-refractivity contribution in [3.8, 4) is 6.01 Å². The zero-order valence-electron chi connectivity index (χ0n) is 8.73. The maximum atomic E-state index is 5.64. The third-order valence-corrected chi connectivity index (χ3v) is 1.98. The van der Waals surface area contributed by atoms with E-state index in [-0.39, 0.29) is 12.2 Å². The molecule has 2 heterocycles. The lowest BCUT2D eigenvalue weighted by molar-refractivity contribution is -0.0449. The average Bonchev–Trinajstić information content (AvgIpc) is 2.42. The highest BCUT2D eigenvalue weighted by Crippen LogP contribution is 2.16. The van der Waals surface area contributed by atoms with Crippen LogP contribution in [0.1, 0.15) is 19.7 Å². The fourth-order valence-electron chi connectivity index (χ4n) is 1.54. The number of aromatic nitrogens is 3. The molecule has 1 aliphatic rings. The Labute approximate surface area is 83.0 Å². The van der Waals surface area contributed by atoms with Crippen molar-refractivity contribution in [3.63, 3.8) is 0 Å². The van der Waals surface area contributed by atoms with Crippen molar-refractivity contribution in [1.29, 1.82) is 0 Å². The van der Waals surface area contributed by atoms with Crippen molar-refractivity contribution in [2.75, 3.05) is 6.61 Å². The van der Waals surface area contributed by atoms with Crippen LogP contribution >= 0.6 is 0 Å². The Morgan fingerprint density at radius 1 is 1.57 bits per heavy atom. The molecular formula is C9H15N3O2. The highest BCUT2D eigenvalue weighted by Gasteiger charge is 2.23. The molecule has 0 saturated carbocycles. The van der Waals surface area contributed by atoms with Crippen LogP contribution in [-0.2, 0) is 11.3 Å². The van der Waals surface area contributed by atoms with E-state index in [1.54, 1.807) is 4.68 Å². The molecule has 1 aromatic heterocycles. The minimum absolute atomic E-state index is 0.0867. The molecule has 14 heavy (non-hydrogen) atoms. The van der Waals surface area contributed by atoms with E-state index < -0.39 is 0 Å². The van der Waals surface area contributed by atoms with Crippen LogP contribution in [0.3, 0.4) is 0 Å². The first-order valence-electron chi connectivity index (χ1n) is 4.85. The first-order chi connectivity index (χ1) is 6.65. The molecule has 0 bridgehead atoms. The van der Waals surface area contributed by atoms with Gasteiger partial charge in [0.15, 0.2) is 5.82 Å². The van der Waals surface area contributed by atoms with Gasteiger partial charge in [-0.15, -0.1) is 0 Å². The van der Waals surface area contributed by atoms with Gasteiger partial charge >= 0.3 is 6.01 Å². The topological polar surface area (TPSA) is 49.2 Å². The predicted octanol–water partition coefficient (Wildman–Crippen LogP) is 0.773. The van der Waals surface area contributed by atoms with Gasteiger partial charge in [0.2, 0.25) is 0 Å². The van der Waals surface area contributed by atoms with Crippen LogP contribution in [0, 0.1) is 6.92 Å². The number of hydrogen-bond acceptors (Lipinski definition) is 4. The SMILES string of the molecule is Cc1nc2n(n1)CC(OC(C)C)CO2. The highest BCUT2D eigenvalue weighted by molar-refractivity contribution is 4.99. The van der Waals surface area contributed by atoms with Crippen molar-refractivity contribution in [2.45, 2.75) is 39.5 Å². The Morgan fingerprint density at radius 2 is 2.36 bits per heavy atom. The number of fused-ring (bicyclic) bond motifs is 1. The van der Waals surface area contributed by atoms with Crippen LogP contribution in [-0.4, -0.2) is 33.6 Å². The first-order valence-corrected chi connectivity index (χ1v) is 4.85. The molecule has 1 aromatic rings. The molecule has 0 radical (unpaired) electrons. The second-order valence-electron chi connectivity index (χ2n) is 3.74. The summed E-state index contributed by atoms with van der Waals surface area (Å²) in [5, 5.41) is 4.21. The van der Waals surface area contributed by atoms with E-state index in [0.717, 1.165) is 12.4 Å². The lowest BCUT2D eigenvalue weighted by Crippen LogP contribution is -2.34. The van der Waals surface area contributed by atoms with Crippen LogP contribution in [0.4, 0.5) is 0 Å². The van der Waals surface area contributed by atoms with Crippen molar-refractivity contribution < 1.29 is 9.47 Å². The normalized spacial score (nSPS) is 20.7. The standard InChI is InChI=1S/C9H15N3O2/c1-6(2)14-8-4-12-9(13-5-8)10-7(3)11-12/h6,8H,4-5H2,1-3H3. The van der Waals surface area contributed by atoms with Gasteiger partial charge in [0.1, 0.15) is 12.7 Å². The maximum Gasteiger partial charge on any atom is 0.315 e. The molecule has 0 amide bonds.